The van der Waals surface area contributed by atoms with Crippen molar-refractivity contribution in [2.75, 3.05) is 26.2 Å². The van der Waals surface area contributed by atoms with E-state index in [1.165, 1.54) is 0 Å². The quantitative estimate of drug-likeness (QED) is 0.494. The van der Waals surface area contributed by atoms with E-state index >= 15 is 0 Å². The van der Waals surface area contributed by atoms with Crippen LogP contribution in [0.1, 0.15) is 12.8 Å². The second-order valence-electron chi connectivity index (χ2n) is 4.15. The summed E-state index contributed by atoms with van der Waals surface area (Å²) in [5.74, 6) is 0.376. The van der Waals surface area contributed by atoms with E-state index in [1.54, 1.807) is 0 Å². The highest BCUT2D eigenvalue weighted by Crippen LogP contribution is 2.39. The summed E-state index contributed by atoms with van der Waals surface area (Å²) in [6.07, 6.45) is 1.59. The zero-order valence-corrected chi connectivity index (χ0v) is 7.68. The van der Waals surface area contributed by atoms with Crippen LogP contribution in [0.3, 0.4) is 0 Å². The fourth-order valence-corrected chi connectivity index (χ4v) is 2.48. The molecule has 0 radical (unpaired) electrons. The number of nitrogens with one attached hydrogen (secondary N) is 2. The molecule has 0 aromatic carbocycles. The van der Waals surface area contributed by atoms with Gasteiger partial charge in [0.2, 0.25) is 5.91 Å². The summed E-state index contributed by atoms with van der Waals surface area (Å²) in [6.45, 7) is 2.73. The van der Waals surface area contributed by atoms with E-state index in [-0.39, 0.29) is 23.8 Å². The van der Waals surface area contributed by atoms with Crippen molar-refractivity contribution in [3.05, 3.63) is 0 Å². The van der Waals surface area contributed by atoms with E-state index in [2.05, 4.69) is 10.6 Å². The number of rotatable bonds is 1. The first-order valence-electron chi connectivity index (χ1n) is 4.85. The average molecular weight is 184 g/mol. The van der Waals surface area contributed by atoms with Gasteiger partial charge in [0, 0.05) is 37.5 Å². The predicted octanol–water partition coefficient (Wildman–Crippen LogP) is -0.905. The second kappa shape index (κ2) is 3.27. The number of hydrogen-bond acceptors (Lipinski definition) is 3. The molecule has 0 aromatic heterocycles. The summed E-state index contributed by atoms with van der Waals surface area (Å²) < 4.78 is 0. The molecule has 4 nitrogen and oxygen atoms in total. The smallest absolute Gasteiger partial charge is 0.220 e. The van der Waals surface area contributed by atoms with Crippen LogP contribution in [0.15, 0.2) is 0 Å². The molecular weight excluding hydrogens is 168 g/mol. The molecule has 2 atom stereocenters. The lowest BCUT2D eigenvalue weighted by atomic mass is 9.70. The lowest BCUT2D eigenvalue weighted by Crippen LogP contribution is -2.47. The number of carbonyl (C=O) groups is 1. The van der Waals surface area contributed by atoms with Crippen molar-refractivity contribution in [1.82, 2.24) is 10.6 Å². The van der Waals surface area contributed by atoms with E-state index in [9.17, 15) is 9.90 Å². The average Bonchev–Trinajstić information content (AvgIpc) is 2.49. The van der Waals surface area contributed by atoms with E-state index in [4.69, 9.17) is 0 Å². The molecule has 2 fully saturated rings. The summed E-state index contributed by atoms with van der Waals surface area (Å²) in [5.41, 5.74) is 0.0388. The van der Waals surface area contributed by atoms with Gasteiger partial charge < -0.3 is 15.7 Å². The predicted molar refractivity (Wildman–Crippen MR) is 48.1 cm³/mol. The Kier molecular flexibility index (Phi) is 2.26. The third-order valence-electron chi connectivity index (χ3n) is 3.43. The number of hydrogen-bond donors (Lipinski definition) is 3. The molecule has 3 N–H and O–H groups in total. The fraction of sp³-hybridized carbons (Fsp3) is 0.889. The van der Waals surface area contributed by atoms with Crippen molar-refractivity contribution in [3.63, 3.8) is 0 Å². The molecule has 2 aliphatic heterocycles. The molecule has 1 amide bonds. The minimum absolute atomic E-state index is 0.0388. The molecule has 2 heterocycles. The van der Waals surface area contributed by atoms with Gasteiger partial charge in [-0.25, -0.2) is 0 Å². The maximum absolute atomic E-state index is 11.2. The zero-order chi connectivity index (χ0) is 9.31. The fourth-order valence-electron chi connectivity index (χ4n) is 2.48. The van der Waals surface area contributed by atoms with Crippen molar-refractivity contribution >= 4 is 5.91 Å². The number of aliphatic hydroxyl groups is 1. The van der Waals surface area contributed by atoms with Crippen LogP contribution in [-0.2, 0) is 4.79 Å². The summed E-state index contributed by atoms with van der Waals surface area (Å²) in [5, 5.41) is 15.3. The Bertz CT molecular complexity index is 220. The van der Waals surface area contributed by atoms with Gasteiger partial charge in [0.15, 0.2) is 0 Å². The summed E-state index contributed by atoms with van der Waals surface area (Å²) in [4.78, 5) is 11.2. The van der Waals surface area contributed by atoms with Crippen LogP contribution in [0.5, 0.6) is 0 Å². The Morgan fingerprint density at radius 3 is 3.08 bits per heavy atom. The molecule has 4 heteroatoms. The van der Waals surface area contributed by atoms with Gasteiger partial charge in [-0.15, -0.1) is 0 Å². The second-order valence-corrected chi connectivity index (χ2v) is 4.15. The van der Waals surface area contributed by atoms with Crippen molar-refractivity contribution in [2.45, 2.75) is 12.8 Å². The SMILES string of the molecule is O=C1CC2(CCNCC2CO)CN1. The Hall–Kier alpha value is -0.610. The van der Waals surface area contributed by atoms with Crippen molar-refractivity contribution in [3.8, 4) is 0 Å². The number of amides is 1. The molecule has 0 saturated carbocycles. The molecule has 0 aliphatic carbocycles. The minimum atomic E-state index is 0.0388. The third kappa shape index (κ3) is 1.44. The van der Waals surface area contributed by atoms with Crippen LogP contribution in [0.4, 0.5) is 0 Å². The van der Waals surface area contributed by atoms with Gasteiger partial charge in [0.1, 0.15) is 0 Å². The normalized spacial score (nSPS) is 39.5. The highest BCUT2D eigenvalue weighted by Gasteiger charge is 2.45. The molecule has 13 heavy (non-hydrogen) atoms. The van der Waals surface area contributed by atoms with Crippen molar-refractivity contribution in [1.29, 1.82) is 0 Å². The van der Waals surface area contributed by atoms with Gasteiger partial charge in [0.25, 0.3) is 0 Å². The van der Waals surface area contributed by atoms with Gasteiger partial charge in [-0.3, -0.25) is 4.79 Å². The van der Waals surface area contributed by atoms with E-state index in [1.807, 2.05) is 0 Å². The Morgan fingerprint density at radius 1 is 1.62 bits per heavy atom. The van der Waals surface area contributed by atoms with Crippen LogP contribution in [0, 0.1) is 11.3 Å². The van der Waals surface area contributed by atoms with Crippen LogP contribution < -0.4 is 10.6 Å². The van der Waals surface area contributed by atoms with Gasteiger partial charge in [-0.1, -0.05) is 0 Å². The highest BCUT2D eigenvalue weighted by atomic mass is 16.3. The first-order chi connectivity index (χ1) is 6.27. The van der Waals surface area contributed by atoms with Crippen LogP contribution in [-0.4, -0.2) is 37.3 Å². The molecular formula is C9H16N2O2. The minimum Gasteiger partial charge on any atom is -0.396 e. The third-order valence-corrected chi connectivity index (χ3v) is 3.43. The van der Waals surface area contributed by atoms with Gasteiger partial charge in [-0.2, -0.15) is 0 Å². The molecule has 1 spiro atoms. The maximum atomic E-state index is 11.2. The molecule has 74 valence electrons. The van der Waals surface area contributed by atoms with Crippen molar-refractivity contribution < 1.29 is 9.90 Å². The summed E-state index contributed by atoms with van der Waals surface area (Å²) in [7, 11) is 0. The molecule has 2 rings (SSSR count). The largest absolute Gasteiger partial charge is 0.396 e. The van der Waals surface area contributed by atoms with E-state index in [0.29, 0.717) is 6.42 Å². The monoisotopic (exact) mass is 184 g/mol. The van der Waals surface area contributed by atoms with Gasteiger partial charge in [0.05, 0.1) is 0 Å². The number of piperidine rings is 1. The lowest BCUT2D eigenvalue weighted by Gasteiger charge is -2.39. The number of aliphatic hydroxyl groups excluding tert-OH is 1. The topological polar surface area (TPSA) is 61.4 Å². The van der Waals surface area contributed by atoms with Gasteiger partial charge >= 0.3 is 0 Å². The van der Waals surface area contributed by atoms with Gasteiger partial charge in [-0.05, 0) is 13.0 Å². The molecule has 0 bridgehead atoms. The first-order valence-corrected chi connectivity index (χ1v) is 4.85. The van der Waals surface area contributed by atoms with Crippen LogP contribution in [0.2, 0.25) is 0 Å². The van der Waals surface area contributed by atoms with E-state index in [0.717, 1.165) is 26.1 Å². The van der Waals surface area contributed by atoms with Crippen LogP contribution in [0.25, 0.3) is 0 Å². The molecule has 2 aliphatic rings. The zero-order valence-electron chi connectivity index (χ0n) is 7.68. The molecule has 0 aromatic rings. The Balaban J connectivity index is 2.13. The number of carbonyl (C=O) groups excluding carboxylic acids is 1. The lowest BCUT2D eigenvalue weighted by molar-refractivity contribution is -0.120. The summed E-state index contributed by atoms with van der Waals surface area (Å²) in [6, 6.07) is 0. The standard InChI is InChI=1S/C9H16N2O2/c12-5-7-4-10-2-1-9(7)3-8(13)11-6-9/h7,10,12H,1-6H2,(H,11,13). The van der Waals surface area contributed by atoms with E-state index < -0.39 is 0 Å². The van der Waals surface area contributed by atoms with Crippen molar-refractivity contribution in [2.24, 2.45) is 11.3 Å². The Morgan fingerprint density at radius 2 is 2.46 bits per heavy atom. The maximum Gasteiger partial charge on any atom is 0.220 e. The van der Waals surface area contributed by atoms with Crippen LogP contribution >= 0.6 is 0 Å². The molecule has 2 saturated heterocycles. The molecule has 2 unspecified atom stereocenters. The first kappa shape index (κ1) is 8.97. The summed E-state index contributed by atoms with van der Waals surface area (Å²) >= 11 is 0. The Labute approximate surface area is 77.7 Å². The highest BCUT2D eigenvalue weighted by molar-refractivity contribution is 5.79.